The van der Waals surface area contributed by atoms with Gasteiger partial charge in [0.2, 0.25) is 0 Å². The molecule has 1 saturated carbocycles. The Morgan fingerprint density at radius 2 is 2.05 bits per heavy atom. The molecule has 3 nitrogen and oxygen atoms in total. The Balaban J connectivity index is 2.30. The van der Waals surface area contributed by atoms with Crippen molar-refractivity contribution in [1.29, 1.82) is 0 Å². The van der Waals surface area contributed by atoms with Crippen molar-refractivity contribution in [2.45, 2.75) is 38.0 Å². The van der Waals surface area contributed by atoms with Crippen LogP contribution in [-0.2, 0) is 5.41 Å². The molecule has 3 heteroatoms. The lowest BCUT2D eigenvalue weighted by atomic mass is 9.77. The van der Waals surface area contributed by atoms with E-state index in [1.165, 1.54) is 42.3 Å². The summed E-state index contributed by atoms with van der Waals surface area (Å²) in [4.78, 5) is 3.50. The third kappa shape index (κ3) is 1.76. The Morgan fingerprint density at radius 3 is 2.68 bits per heavy atom. The number of fused-ring (bicyclic) bond motifs is 1. The van der Waals surface area contributed by atoms with Gasteiger partial charge in [-0.3, -0.25) is 0 Å². The van der Waals surface area contributed by atoms with E-state index >= 15 is 0 Å². The lowest BCUT2D eigenvalue weighted by Gasteiger charge is -2.28. The Morgan fingerprint density at radius 1 is 1.32 bits per heavy atom. The van der Waals surface area contributed by atoms with Crippen LogP contribution in [0.3, 0.4) is 0 Å². The monoisotopic (exact) mass is 258 g/mol. The van der Waals surface area contributed by atoms with Crippen molar-refractivity contribution in [3.63, 3.8) is 0 Å². The van der Waals surface area contributed by atoms with Crippen LogP contribution < -0.4 is 10.5 Å². The zero-order valence-corrected chi connectivity index (χ0v) is 11.8. The van der Waals surface area contributed by atoms with Crippen LogP contribution in [0.1, 0.15) is 36.9 Å². The van der Waals surface area contributed by atoms with Gasteiger partial charge in [-0.1, -0.05) is 18.9 Å². The minimum Gasteiger partial charge on any atom is -0.496 e. The molecule has 1 aliphatic carbocycles. The molecule has 1 heterocycles. The fraction of sp³-hybridized carbons (Fsp3) is 0.500. The molecule has 3 rings (SSSR count). The molecule has 1 fully saturated rings. The first-order valence-corrected chi connectivity index (χ1v) is 7.08. The molecule has 1 aliphatic rings. The molecule has 3 N–H and O–H groups in total. The highest BCUT2D eigenvalue weighted by molar-refractivity contribution is 5.91. The van der Waals surface area contributed by atoms with Gasteiger partial charge in [0.15, 0.2) is 0 Å². The van der Waals surface area contributed by atoms with E-state index in [2.05, 4.69) is 18.0 Å². The van der Waals surface area contributed by atoms with Crippen LogP contribution in [0.5, 0.6) is 5.75 Å². The summed E-state index contributed by atoms with van der Waals surface area (Å²) in [6.07, 6.45) is 4.93. The number of H-pyrrole nitrogens is 1. The fourth-order valence-electron chi connectivity index (χ4n) is 3.79. The summed E-state index contributed by atoms with van der Waals surface area (Å²) >= 11 is 0. The summed E-state index contributed by atoms with van der Waals surface area (Å²) in [5.41, 5.74) is 10.1. The van der Waals surface area contributed by atoms with Gasteiger partial charge in [0.05, 0.1) is 7.11 Å². The quantitative estimate of drug-likeness (QED) is 0.888. The van der Waals surface area contributed by atoms with Gasteiger partial charge in [0.25, 0.3) is 0 Å². The molecule has 0 spiro atoms. The van der Waals surface area contributed by atoms with Crippen LogP contribution in [0.15, 0.2) is 18.2 Å². The number of hydrogen-bond acceptors (Lipinski definition) is 2. The average molecular weight is 258 g/mol. The van der Waals surface area contributed by atoms with Gasteiger partial charge in [0, 0.05) is 28.6 Å². The van der Waals surface area contributed by atoms with Crippen molar-refractivity contribution in [2.75, 3.05) is 13.7 Å². The molecule has 102 valence electrons. The smallest absolute Gasteiger partial charge is 0.128 e. The number of hydrogen-bond donors (Lipinski definition) is 2. The van der Waals surface area contributed by atoms with Crippen LogP contribution in [0.25, 0.3) is 10.9 Å². The van der Waals surface area contributed by atoms with Gasteiger partial charge in [-0.25, -0.2) is 0 Å². The molecule has 1 aromatic carbocycles. The topological polar surface area (TPSA) is 51.0 Å². The van der Waals surface area contributed by atoms with Crippen molar-refractivity contribution >= 4 is 10.9 Å². The second-order valence-corrected chi connectivity index (χ2v) is 5.70. The summed E-state index contributed by atoms with van der Waals surface area (Å²) in [6.45, 7) is 2.88. The van der Waals surface area contributed by atoms with E-state index < -0.39 is 0 Å². The van der Waals surface area contributed by atoms with Crippen LogP contribution in [-0.4, -0.2) is 18.6 Å². The first kappa shape index (κ1) is 12.5. The van der Waals surface area contributed by atoms with E-state index in [-0.39, 0.29) is 5.41 Å². The maximum absolute atomic E-state index is 6.16. The number of nitrogens with one attached hydrogen (secondary N) is 1. The molecule has 0 bridgehead atoms. The Labute approximate surface area is 114 Å². The average Bonchev–Trinajstić information content (AvgIpc) is 3.02. The van der Waals surface area contributed by atoms with Crippen molar-refractivity contribution in [3.05, 3.63) is 29.5 Å². The molecule has 1 aromatic heterocycles. The van der Waals surface area contributed by atoms with Gasteiger partial charge < -0.3 is 15.5 Å². The first-order valence-electron chi connectivity index (χ1n) is 7.08. The van der Waals surface area contributed by atoms with Crippen molar-refractivity contribution in [2.24, 2.45) is 5.73 Å². The number of nitrogens with two attached hydrogens (primary N) is 1. The second-order valence-electron chi connectivity index (χ2n) is 5.70. The maximum atomic E-state index is 6.16. The Kier molecular flexibility index (Phi) is 3.02. The first-order chi connectivity index (χ1) is 9.22. The number of ether oxygens (including phenoxy) is 1. The molecule has 0 amide bonds. The minimum atomic E-state index is 0.136. The number of aromatic amines is 1. The van der Waals surface area contributed by atoms with Gasteiger partial charge in [-0.2, -0.15) is 0 Å². The van der Waals surface area contributed by atoms with Crippen LogP contribution >= 0.6 is 0 Å². The fourth-order valence-corrected chi connectivity index (χ4v) is 3.79. The highest BCUT2D eigenvalue weighted by atomic mass is 16.5. The Bertz CT molecular complexity index is 594. The van der Waals surface area contributed by atoms with E-state index in [9.17, 15) is 0 Å². The molecular formula is C16H22N2O. The molecule has 0 saturated heterocycles. The predicted octanol–water partition coefficient (Wildman–Crippen LogP) is 3.26. The third-order valence-electron chi connectivity index (χ3n) is 4.68. The summed E-state index contributed by atoms with van der Waals surface area (Å²) in [6, 6.07) is 6.19. The summed E-state index contributed by atoms with van der Waals surface area (Å²) in [5.74, 6) is 0.955. The summed E-state index contributed by atoms with van der Waals surface area (Å²) < 4.78 is 5.57. The number of aryl methyl sites for hydroxylation is 1. The van der Waals surface area contributed by atoms with Crippen LogP contribution in [0.2, 0.25) is 0 Å². The van der Waals surface area contributed by atoms with Gasteiger partial charge in [0.1, 0.15) is 5.75 Å². The van der Waals surface area contributed by atoms with Gasteiger partial charge in [-0.15, -0.1) is 0 Å². The highest BCUT2D eigenvalue weighted by Gasteiger charge is 2.38. The van der Waals surface area contributed by atoms with Crippen molar-refractivity contribution in [1.82, 2.24) is 4.98 Å². The van der Waals surface area contributed by atoms with E-state index in [0.717, 1.165) is 17.8 Å². The van der Waals surface area contributed by atoms with Crippen LogP contribution in [0.4, 0.5) is 0 Å². The highest BCUT2D eigenvalue weighted by Crippen LogP contribution is 2.46. The zero-order valence-electron chi connectivity index (χ0n) is 11.8. The second kappa shape index (κ2) is 4.57. The largest absolute Gasteiger partial charge is 0.496 e. The lowest BCUT2D eigenvalue weighted by Crippen LogP contribution is -2.32. The molecule has 0 radical (unpaired) electrons. The number of benzene rings is 1. The number of rotatable bonds is 3. The molecule has 0 atom stereocenters. The van der Waals surface area contributed by atoms with E-state index in [4.69, 9.17) is 10.5 Å². The van der Waals surface area contributed by atoms with Crippen molar-refractivity contribution < 1.29 is 4.74 Å². The molecule has 19 heavy (non-hydrogen) atoms. The molecule has 2 aromatic rings. The SMILES string of the molecule is COc1cccc2[nH]c(C)c(C3(CN)CCCC3)c12. The maximum Gasteiger partial charge on any atom is 0.128 e. The third-order valence-corrected chi connectivity index (χ3v) is 4.68. The van der Waals surface area contributed by atoms with E-state index in [1.54, 1.807) is 7.11 Å². The van der Waals surface area contributed by atoms with E-state index in [1.807, 2.05) is 12.1 Å². The van der Waals surface area contributed by atoms with Gasteiger partial charge in [-0.05, 0) is 37.5 Å². The van der Waals surface area contributed by atoms with Crippen LogP contribution in [0, 0.1) is 6.92 Å². The molecule has 0 aliphatic heterocycles. The van der Waals surface area contributed by atoms with Gasteiger partial charge >= 0.3 is 0 Å². The summed E-state index contributed by atoms with van der Waals surface area (Å²) in [5, 5.41) is 1.23. The standard InChI is InChI=1S/C16H22N2O/c1-11-15(16(10-17)8-3-4-9-16)14-12(18-11)6-5-7-13(14)19-2/h5-7,18H,3-4,8-10,17H2,1-2H3. The predicted molar refractivity (Wildman–Crippen MR) is 78.8 cm³/mol. The minimum absolute atomic E-state index is 0.136. The lowest BCUT2D eigenvalue weighted by molar-refractivity contribution is 0.416. The Hall–Kier alpha value is -1.48. The van der Waals surface area contributed by atoms with Crippen molar-refractivity contribution in [3.8, 4) is 5.75 Å². The number of methoxy groups -OCH3 is 1. The summed E-state index contributed by atoms with van der Waals surface area (Å²) in [7, 11) is 1.74. The zero-order chi connectivity index (χ0) is 13.5. The van der Waals surface area contributed by atoms with E-state index in [0.29, 0.717) is 0 Å². The normalized spacial score (nSPS) is 18.1. The molecular weight excluding hydrogens is 236 g/mol. The molecule has 0 unspecified atom stereocenters. The number of aromatic nitrogens is 1.